The van der Waals surface area contributed by atoms with Crippen molar-refractivity contribution in [3.63, 3.8) is 0 Å². The highest BCUT2D eigenvalue weighted by Crippen LogP contribution is 2.03. The molecule has 98 valence electrons. The van der Waals surface area contributed by atoms with E-state index in [0.29, 0.717) is 0 Å². The molecular formula is C13H25N3O. The van der Waals surface area contributed by atoms with Crippen LogP contribution in [0.25, 0.3) is 0 Å². The van der Waals surface area contributed by atoms with E-state index in [9.17, 15) is 0 Å². The van der Waals surface area contributed by atoms with Gasteiger partial charge >= 0.3 is 0 Å². The second kappa shape index (κ2) is 7.45. The van der Waals surface area contributed by atoms with E-state index in [1.54, 1.807) is 0 Å². The Labute approximate surface area is 105 Å². The lowest BCUT2D eigenvalue weighted by atomic mass is 10.4. The molecule has 0 unspecified atom stereocenters. The van der Waals surface area contributed by atoms with Gasteiger partial charge in [-0.3, -0.25) is 9.58 Å². The molecule has 4 nitrogen and oxygen atoms in total. The zero-order valence-corrected chi connectivity index (χ0v) is 11.6. The van der Waals surface area contributed by atoms with Crippen molar-refractivity contribution in [3.8, 4) is 0 Å². The fourth-order valence-electron chi connectivity index (χ4n) is 1.96. The normalized spacial score (nSPS) is 16.5. The summed E-state index contributed by atoms with van der Waals surface area (Å²) in [5, 5.41) is 4.45. The van der Waals surface area contributed by atoms with Gasteiger partial charge in [0.2, 0.25) is 0 Å². The first-order valence-electron chi connectivity index (χ1n) is 6.57. The number of hydrogen-bond donors (Lipinski definition) is 0. The number of rotatable bonds is 3. The predicted octanol–water partition coefficient (Wildman–Crippen LogP) is 1.86. The monoisotopic (exact) mass is 239 g/mol. The van der Waals surface area contributed by atoms with Gasteiger partial charge in [-0.05, 0) is 19.9 Å². The van der Waals surface area contributed by atoms with Crippen LogP contribution in [-0.2, 0) is 11.3 Å². The number of aromatic nitrogens is 2. The Bertz CT molecular complexity index is 316. The van der Waals surface area contributed by atoms with Gasteiger partial charge in [0.05, 0.1) is 25.5 Å². The Morgan fingerprint density at radius 3 is 2.35 bits per heavy atom. The zero-order valence-electron chi connectivity index (χ0n) is 11.6. The van der Waals surface area contributed by atoms with Crippen molar-refractivity contribution in [1.29, 1.82) is 0 Å². The summed E-state index contributed by atoms with van der Waals surface area (Å²) in [6.45, 7) is 14.1. The van der Waals surface area contributed by atoms with Crippen molar-refractivity contribution in [3.05, 3.63) is 17.5 Å². The summed E-state index contributed by atoms with van der Waals surface area (Å²) in [5.74, 6) is 0. The third-order valence-electron chi connectivity index (χ3n) is 2.84. The molecular weight excluding hydrogens is 214 g/mol. The third kappa shape index (κ3) is 4.48. The molecule has 0 spiro atoms. The maximum Gasteiger partial charge on any atom is 0.0596 e. The van der Waals surface area contributed by atoms with E-state index in [-0.39, 0.29) is 0 Å². The van der Waals surface area contributed by atoms with E-state index in [1.807, 2.05) is 20.8 Å². The maximum absolute atomic E-state index is 5.32. The summed E-state index contributed by atoms with van der Waals surface area (Å²) in [5.41, 5.74) is 2.36. The van der Waals surface area contributed by atoms with Crippen LogP contribution in [0.4, 0.5) is 0 Å². The minimum atomic E-state index is 0.872. The molecule has 1 saturated heterocycles. The highest BCUT2D eigenvalue weighted by molar-refractivity contribution is 5.06. The third-order valence-corrected chi connectivity index (χ3v) is 2.84. The predicted molar refractivity (Wildman–Crippen MR) is 70.3 cm³/mol. The second-order valence-electron chi connectivity index (χ2n) is 4.10. The molecule has 0 N–H and O–H groups in total. The number of morpholine rings is 1. The summed E-state index contributed by atoms with van der Waals surface area (Å²) in [4.78, 5) is 2.43. The number of ether oxygens (including phenoxy) is 1. The van der Waals surface area contributed by atoms with E-state index >= 15 is 0 Å². The van der Waals surface area contributed by atoms with Crippen molar-refractivity contribution >= 4 is 0 Å². The molecule has 0 saturated carbocycles. The van der Waals surface area contributed by atoms with Gasteiger partial charge in [0.15, 0.2) is 0 Å². The van der Waals surface area contributed by atoms with Crippen LogP contribution in [-0.4, -0.2) is 47.5 Å². The van der Waals surface area contributed by atoms with E-state index in [0.717, 1.165) is 45.1 Å². The first-order valence-corrected chi connectivity index (χ1v) is 6.57. The fourth-order valence-corrected chi connectivity index (χ4v) is 1.96. The van der Waals surface area contributed by atoms with Crippen molar-refractivity contribution in [2.45, 2.75) is 34.2 Å². The first-order chi connectivity index (χ1) is 8.25. The first kappa shape index (κ1) is 14.2. The number of nitrogens with zero attached hydrogens (tertiary/aromatic N) is 3. The van der Waals surface area contributed by atoms with Crippen LogP contribution < -0.4 is 0 Å². The quantitative estimate of drug-likeness (QED) is 0.806. The minimum Gasteiger partial charge on any atom is -0.379 e. The molecule has 1 aromatic heterocycles. The Balaban J connectivity index is 0.000000686. The SMILES string of the molecule is CC.Cc1cc(C)n(CCN2CCOCC2)n1. The van der Waals surface area contributed by atoms with Crippen LogP contribution in [0.3, 0.4) is 0 Å². The number of aryl methyl sites for hydroxylation is 2. The highest BCUT2D eigenvalue weighted by atomic mass is 16.5. The van der Waals surface area contributed by atoms with Gasteiger partial charge in [0.25, 0.3) is 0 Å². The molecule has 1 aromatic rings. The Morgan fingerprint density at radius 2 is 1.82 bits per heavy atom. The lowest BCUT2D eigenvalue weighted by molar-refractivity contribution is 0.0359. The molecule has 4 heteroatoms. The van der Waals surface area contributed by atoms with Crippen molar-refractivity contribution in [1.82, 2.24) is 14.7 Å². The Hall–Kier alpha value is -0.870. The van der Waals surface area contributed by atoms with Crippen LogP contribution >= 0.6 is 0 Å². The van der Waals surface area contributed by atoms with Gasteiger partial charge in [0.1, 0.15) is 0 Å². The molecule has 1 aliphatic heterocycles. The Morgan fingerprint density at radius 1 is 1.18 bits per heavy atom. The summed E-state index contributed by atoms with van der Waals surface area (Å²) < 4.78 is 7.40. The van der Waals surface area contributed by atoms with Crippen LogP contribution in [0.2, 0.25) is 0 Å². The molecule has 17 heavy (non-hydrogen) atoms. The average molecular weight is 239 g/mol. The molecule has 1 aliphatic rings. The molecule has 0 bridgehead atoms. The fraction of sp³-hybridized carbons (Fsp3) is 0.769. The van der Waals surface area contributed by atoms with E-state index < -0.39 is 0 Å². The zero-order chi connectivity index (χ0) is 12.7. The van der Waals surface area contributed by atoms with Crippen LogP contribution in [0.15, 0.2) is 6.07 Å². The summed E-state index contributed by atoms with van der Waals surface area (Å²) in [6.07, 6.45) is 0. The topological polar surface area (TPSA) is 30.3 Å². The molecule has 0 aromatic carbocycles. The smallest absolute Gasteiger partial charge is 0.0596 e. The molecule has 0 aliphatic carbocycles. The number of hydrogen-bond acceptors (Lipinski definition) is 3. The molecule has 0 radical (unpaired) electrons. The highest BCUT2D eigenvalue weighted by Gasteiger charge is 2.10. The van der Waals surface area contributed by atoms with E-state index in [2.05, 4.69) is 27.7 Å². The van der Waals surface area contributed by atoms with Crippen molar-refractivity contribution in [2.75, 3.05) is 32.8 Å². The molecule has 2 rings (SSSR count). The molecule has 0 amide bonds. The molecule has 2 heterocycles. The van der Waals surface area contributed by atoms with Crippen LogP contribution in [0.1, 0.15) is 25.2 Å². The van der Waals surface area contributed by atoms with Crippen LogP contribution in [0, 0.1) is 13.8 Å². The maximum atomic E-state index is 5.32. The average Bonchev–Trinajstić information content (AvgIpc) is 2.69. The summed E-state index contributed by atoms with van der Waals surface area (Å²) in [7, 11) is 0. The lowest BCUT2D eigenvalue weighted by Gasteiger charge is -2.26. The van der Waals surface area contributed by atoms with Crippen LogP contribution in [0.5, 0.6) is 0 Å². The lowest BCUT2D eigenvalue weighted by Crippen LogP contribution is -2.38. The second-order valence-corrected chi connectivity index (χ2v) is 4.10. The summed E-state index contributed by atoms with van der Waals surface area (Å²) >= 11 is 0. The standard InChI is InChI=1S/C11H19N3O.C2H6/c1-10-9-11(2)14(12-10)4-3-13-5-7-15-8-6-13;1-2/h9H,3-8H2,1-2H3;1-2H3. The van der Waals surface area contributed by atoms with Crippen molar-refractivity contribution in [2.24, 2.45) is 0 Å². The minimum absolute atomic E-state index is 0.872. The molecule has 0 atom stereocenters. The van der Waals surface area contributed by atoms with Crippen molar-refractivity contribution < 1.29 is 4.74 Å². The van der Waals surface area contributed by atoms with Gasteiger partial charge in [-0.1, -0.05) is 13.8 Å². The Kier molecular flexibility index (Phi) is 6.22. The largest absolute Gasteiger partial charge is 0.379 e. The van der Waals surface area contributed by atoms with Gasteiger partial charge < -0.3 is 4.74 Å². The van der Waals surface area contributed by atoms with Gasteiger partial charge in [-0.25, -0.2) is 0 Å². The van der Waals surface area contributed by atoms with E-state index in [1.165, 1.54) is 5.69 Å². The van der Waals surface area contributed by atoms with Gasteiger partial charge in [-0.15, -0.1) is 0 Å². The van der Waals surface area contributed by atoms with Gasteiger partial charge in [0, 0.05) is 25.3 Å². The molecule has 1 fully saturated rings. The van der Waals surface area contributed by atoms with E-state index in [4.69, 9.17) is 4.74 Å². The van der Waals surface area contributed by atoms with Gasteiger partial charge in [-0.2, -0.15) is 5.10 Å². The summed E-state index contributed by atoms with van der Waals surface area (Å²) in [6, 6.07) is 2.12.